The Kier molecular flexibility index (Phi) is 5.41. The number of nitro benzene ring substituents is 1. The molecule has 0 bridgehead atoms. The molecule has 0 radical (unpaired) electrons. The van der Waals surface area contributed by atoms with Gasteiger partial charge in [0.1, 0.15) is 16.6 Å². The Hall–Kier alpha value is -3.02. The van der Waals surface area contributed by atoms with Gasteiger partial charge in [-0.05, 0) is 24.3 Å². The van der Waals surface area contributed by atoms with Crippen molar-refractivity contribution in [1.29, 1.82) is 5.26 Å². The zero-order valence-electron chi connectivity index (χ0n) is 13.2. The largest absolute Gasteiger partial charge is 0.360 e. The van der Waals surface area contributed by atoms with Crippen molar-refractivity contribution in [2.45, 2.75) is 0 Å². The number of hydrogen-bond donors (Lipinski definition) is 1. The lowest BCUT2D eigenvalue weighted by atomic mass is 10.2. The van der Waals surface area contributed by atoms with Gasteiger partial charge in [0.25, 0.3) is 5.69 Å². The molecule has 0 spiro atoms. The van der Waals surface area contributed by atoms with Crippen molar-refractivity contribution in [3.63, 3.8) is 0 Å². The van der Waals surface area contributed by atoms with Gasteiger partial charge in [-0.2, -0.15) is 5.26 Å². The van der Waals surface area contributed by atoms with Crippen LogP contribution in [-0.4, -0.2) is 9.91 Å². The summed E-state index contributed by atoms with van der Waals surface area (Å²) in [5, 5.41) is 25.5. The normalized spacial score (nSPS) is 11.0. The highest BCUT2D eigenvalue weighted by molar-refractivity contribution is 9.10. The molecule has 0 saturated carbocycles. The lowest BCUT2D eigenvalue weighted by Crippen LogP contribution is -1.92. The average molecular weight is 427 g/mol. The second-order valence-electron chi connectivity index (χ2n) is 5.17. The van der Waals surface area contributed by atoms with Crippen LogP contribution in [0.2, 0.25) is 0 Å². The monoisotopic (exact) mass is 426 g/mol. The summed E-state index contributed by atoms with van der Waals surface area (Å²) in [4.78, 5) is 14.7. The summed E-state index contributed by atoms with van der Waals surface area (Å²) in [6, 6.07) is 15.9. The van der Waals surface area contributed by atoms with Crippen molar-refractivity contribution < 1.29 is 4.92 Å². The number of non-ortho nitro benzene ring substituents is 1. The minimum Gasteiger partial charge on any atom is -0.360 e. The van der Waals surface area contributed by atoms with E-state index in [1.807, 2.05) is 29.6 Å². The van der Waals surface area contributed by atoms with E-state index in [1.165, 1.54) is 23.5 Å². The summed E-state index contributed by atoms with van der Waals surface area (Å²) in [5.74, 6) is 0. The Morgan fingerprint density at radius 3 is 2.73 bits per heavy atom. The maximum absolute atomic E-state index is 10.7. The number of thiazole rings is 1. The number of nitrogens with one attached hydrogen (secondary N) is 1. The molecule has 8 heteroatoms. The first-order valence-electron chi connectivity index (χ1n) is 7.40. The summed E-state index contributed by atoms with van der Waals surface area (Å²) in [6.07, 6.45) is 1.55. The van der Waals surface area contributed by atoms with E-state index in [0.717, 1.165) is 15.7 Å². The summed E-state index contributed by atoms with van der Waals surface area (Å²) in [6.45, 7) is 0. The fourth-order valence-corrected chi connectivity index (χ4v) is 3.35. The lowest BCUT2D eigenvalue weighted by molar-refractivity contribution is -0.384. The van der Waals surface area contributed by atoms with Crippen LogP contribution >= 0.6 is 27.3 Å². The van der Waals surface area contributed by atoms with E-state index < -0.39 is 4.92 Å². The second-order valence-corrected chi connectivity index (χ2v) is 6.94. The van der Waals surface area contributed by atoms with E-state index in [-0.39, 0.29) is 5.69 Å². The van der Waals surface area contributed by atoms with E-state index >= 15 is 0 Å². The Labute approximate surface area is 161 Å². The molecule has 1 aromatic heterocycles. The van der Waals surface area contributed by atoms with Crippen LogP contribution < -0.4 is 5.32 Å². The van der Waals surface area contributed by atoms with E-state index in [9.17, 15) is 15.4 Å². The first-order chi connectivity index (χ1) is 12.6. The van der Waals surface area contributed by atoms with Crippen molar-refractivity contribution in [3.05, 3.63) is 79.7 Å². The highest BCUT2D eigenvalue weighted by Crippen LogP contribution is 2.27. The zero-order valence-corrected chi connectivity index (χ0v) is 15.6. The molecule has 3 aromatic rings. The molecule has 128 valence electrons. The van der Waals surface area contributed by atoms with Crippen molar-refractivity contribution in [2.75, 3.05) is 5.32 Å². The highest BCUT2D eigenvalue weighted by atomic mass is 79.9. The summed E-state index contributed by atoms with van der Waals surface area (Å²) < 4.78 is 0.959. The SMILES string of the molecule is N#C/C(=C\Nc1ccc([N+](=O)[O-])cc1)c1nc(-c2cccc(Br)c2)cs1. The quantitative estimate of drug-likeness (QED) is 0.332. The lowest BCUT2D eigenvalue weighted by Gasteiger charge is -2.01. The first kappa shape index (κ1) is 17.8. The Morgan fingerprint density at radius 2 is 2.08 bits per heavy atom. The predicted molar refractivity (Wildman–Crippen MR) is 106 cm³/mol. The number of hydrogen-bond acceptors (Lipinski definition) is 6. The highest BCUT2D eigenvalue weighted by Gasteiger charge is 2.09. The van der Waals surface area contributed by atoms with Gasteiger partial charge in [0.05, 0.1) is 10.6 Å². The molecule has 2 aromatic carbocycles. The van der Waals surface area contributed by atoms with Gasteiger partial charge in [0.2, 0.25) is 0 Å². The Bertz CT molecular complexity index is 1020. The molecule has 0 unspecified atom stereocenters. The number of nitriles is 1. The standard InChI is InChI=1S/C18H11BrN4O2S/c19-14-3-1-2-12(8-14)17-11-26-18(22-17)13(9-20)10-21-15-4-6-16(7-5-15)23(24)25/h1-8,10-11,21H/b13-10+. The summed E-state index contributed by atoms with van der Waals surface area (Å²) >= 11 is 4.81. The van der Waals surface area contributed by atoms with Crippen LogP contribution in [0.4, 0.5) is 11.4 Å². The maximum Gasteiger partial charge on any atom is 0.269 e. The molecule has 26 heavy (non-hydrogen) atoms. The van der Waals surface area contributed by atoms with E-state index in [2.05, 4.69) is 32.3 Å². The number of nitrogens with zero attached hydrogens (tertiary/aromatic N) is 3. The number of anilines is 1. The molecular weight excluding hydrogens is 416 g/mol. The fraction of sp³-hybridized carbons (Fsp3) is 0. The van der Waals surface area contributed by atoms with Crippen molar-refractivity contribution in [3.8, 4) is 17.3 Å². The predicted octanol–water partition coefficient (Wildman–Crippen LogP) is 5.46. The van der Waals surface area contributed by atoms with Gasteiger partial charge in [0.15, 0.2) is 0 Å². The van der Waals surface area contributed by atoms with Crippen molar-refractivity contribution in [1.82, 2.24) is 4.98 Å². The number of benzene rings is 2. The van der Waals surface area contributed by atoms with Crippen LogP contribution in [0.5, 0.6) is 0 Å². The Morgan fingerprint density at radius 1 is 1.31 bits per heavy atom. The number of rotatable bonds is 5. The van der Waals surface area contributed by atoms with Crippen LogP contribution in [0.25, 0.3) is 16.8 Å². The van der Waals surface area contributed by atoms with E-state index in [4.69, 9.17) is 0 Å². The molecule has 1 heterocycles. The fourth-order valence-electron chi connectivity index (χ4n) is 2.15. The molecule has 0 aliphatic carbocycles. The minimum atomic E-state index is -0.459. The van der Waals surface area contributed by atoms with Crippen LogP contribution in [0, 0.1) is 21.4 Å². The molecule has 6 nitrogen and oxygen atoms in total. The van der Waals surface area contributed by atoms with Crippen LogP contribution in [0.3, 0.4) is 0 Å². The van der Waals surface area contributed by atoms with Gasteiger partial charge >= 0.3 is 0 Å². The third kappa shape index (κ3) is 4.14. The van der Waals surface area contributed by atoms with Gasteiger partial charge in [-0.25, -0.2) is 4.98 Å². The molecule has 1 N–H and O–H groups in total. The van der Waals surface area contributed by atoms with Crippen LogP contribution in [0.15, 0.2) is 64.6 Å². The molecule has 0 atom stereocenters. The van der Waals surface area contributed by atoms with Gasteiger partial charge < -0.3 is 5.32 Å². The van der Waals surface area contributed by atoms with Crippen LogP contribution in [0.1, 0.15) is 5.01 Å². The minimum absolute atomic E-state index is 0.0126. The number of halogens is 1. The molecule has 0 aliphatic heterocycles. The molecule has 0 aliphatic rings. The third-order valence-electron chi connectivity index (χ3n) is 3.44. The molecule has 0 saturated heterocycles. The second kappa shape index (κ2) is 7.91. The van der Waals surface area contributed by atoms with E-state index in [1.54, 1.807) is 18.3 Å². The Balaban J connectivity index is 1.79. The topological polar surface area (TPSA) is 91.8 Å². The maximum atomic E-state index is 10.7. The number of nitro groups is 1. The number of aromatic nitrogens is 1. The first-order valence-corrected chi connectivity index (χ1v) is 9.07. The average Bonchev–Trinajstić information content (AvgIpc) is 3.13. The molecule has 0 fully saturated rings. The summed E-state index contributed by atoms with van der Waals surface area (Å²) in [7, 11) is 0. The smallest absolute Gasteiger partial charge is 0.269 e. The molecular formula is C18H11BrN4O2S. The van der Waals surface area contributed by atoms with Gasteiger partial charge in [-0.1, -0.05) is 28.1 Å². The van der Waals surface area contributed by atoms with Crippen molar-refractivity contribution >= 4 is 44.2 Å². The zero-order chi connectivity index (χ0) is 18.5. The van der Waals surface area contributed by atoms with Gasteiger partial charge in [0, 0.05) is 39.4 Å². The molecule has 0 amide bonds. The van der Waals surface area contributed by atoms with Gasteiger partial charge in [-0.15, -0.1) is 11.3 Å². The van der Waals surface area contributed by atoms with Gasteiger partial charge in [-0.3, -0.25) is 10.1 Å². The van der Waals surface area contributed by atoms with Crippen LogP contribution in [-0.2, 0) is 0 Å². The number of allylic oxidation sites excluding steroid dienone is 1. The van der Waals surface area contributed by atoms with E-state index in [0.29, 0.717) is 16.3 Å². The molecule has 3 rings (SSSR count). The van der Waals surface area contributed by atoms with Crippen molar-refractivity contribution in [2.24, 2.45) is 0 Å². The summed E-state index contributed by atoms with van der Waals surface area (Å²) in [5.41, 5.74) is 2.80. The third-order valence-corrected chi connectivity index (χ3v) is 4.81.